The third-order valence-electron chi connectivity index (χ3n) is 6.11. The maximum absolute atomic E-state index is 12.5. The summed E-state index contributed by atoms with van der Waals surface area (Å²) in [4.78, 5) is 23.8. The first-order chi connectivity index (χ1) is 15.3. The zero-order chi connectivity index (χ0) is 22.9. The van der Waals surface area contributed by atoms with E-state index in [0.717, 1.165) is 40.0 Å². The molecule has 1 aliphatic heterocycles. The number of carbonyl (C=O) groups excluding carboxylic acids is 2. The molecule has 3 aromatic carbocycles. The zero-order valence-electron chi connectivity index (χ0n) is 18.6. The minimum absolute atomic E-state index is 0.0921. The number of amides is 1. The van der Waals surface area contributed by atoms with Crippen molar-refractivity contribution in [3.63, 3.8) is 0 Å². The van der Waals surface area contributed by atoms with E-state index in [1.807, 2.05) is 45.0 Å². The molecule has 3 N–H and O–H groups in total. The van der Waals surface area contributed by atoms with Crippen LogP contribution in [0.15, 0.2) is 66.7 Å². The van der Waals surface area contributed by atoms with Gasteiger partial charge < -0.3 is 15.8 Å². The highest BCUT2D eigenvalue weighted by Gasteiger charge is 2.41. The first kappa shape index (κ1) is 21.6. The van der Waals surface area contributed by atoms with Gasteiger partial charge in [0.2, 0.25) is 5.91 Å². The van der Waals surface area contributed by atoms with E-state index >= 15 is 0 Å². The second-order valence-corrected chi connectivity index (χ2v) is 8.84. The number of carbonyl (C=O) groups is 2. The van der Waals surface area contributed by atoms with Gasteiger partial charge in [-0.15, -0.1) is 0 Å². The number of nitrogens with one attached hydrogen (secondary N) is 1. The van der Waals surface area contributed by atoms with Crippen LogP contribution in [0, 0.1) is 0 Å². The molecular weight excluding hydrogens is 400 g/mol. The van der Waals surface area contributed by atoms with Crippen LogP contribution in [-0.4, -0.2) is 18.3 Å². The Morgan fingerprint density at radius 3 is 2.50 bits per heavy atom. The van der Waals surface area contributed by atoms with Crippen molar-refractivity contribution in [1.29, 1.82) is 0 Å². The van der Waals surface area contributed by atoms with E-state index in [9.17, 15) is 9.59 Å². The zero-order valence-corrected chi connectivity index (χ0v) is 18.6. The van der Waals surface area contributed by atoms with Gasteiger partial charge in [0.25, 0.3) is 0 Å². The number of rotatable bonds is 6. The van der Waals surface area contributed by atoms with E-state index in [0.29, 0.717) is 12.0 Å². The monoisotopic (exact) mass is 428 g/mol. The number of aldehydes is 1. The SMILES string of the molecule is CC(C)Oc1ccc(-c2cccc(C3CC(C)(C(N)=O)c4cc(C=O)ccc4N3)c2)cc1. The molecule has 5 nitrogen and oxygen atoms in total. The predicted molar refractivity (Wildman–Crippen MR) is 127 cm³/mol. The summed E-state index contributed by atoms with van der Waals surface area (Å²) in [5.74, 6) is 0.447. The molecular formula is C27H28N2O3. The fourth-order valence-corrected chi connectivity index (χ4v) is 4.34. The Morgan fingerprint density at radius 1 is 1.09 bits per heavy atom. The molecule has 0 spiro atoms. The maximum atomic E-state index is 12.5. The Hall–Kier alpha value is -3.60. The Labute approximate surface area is 188 Å². The molecule has 0 saturated carbocycles. The molecule has 1 aliphatic rings. The van der Waals surface area contributed by atoms with Gasteiger partial charge in [-0.2, -0.15) is 0 Å². The van der Waals surface area contributed by atoms with Crippen molar-refractivity contribution in [2.75, 3.05) is 5.32 Å². The standard InChI is InChI=1S/C27H28N2O3/c1-17(2)32-22-10-8-19(9-11-22)20-5-4-6-21(14-20)25-15-27(3,26(28)31)23-13-18(16-30)7-12-24(23)29-25/h4-14,16-17,25,29H,15H2,1-3H3,(H2,28,31). The summed E-state index contributed by atoms with van der Waals surface area (Å²) in [7, 11) is 0. The van der Waals surface area contributed by atoms with Crippen molar-refractivity contribution in [2.45, 2.75) is 44.8 Å². The maximum Gasteiger partial charge on any atom is 0.227 e. The van der Waals surface area contributed by atoms with Gasteiger partial charge in [0.1, 0.15) is 12.0 Å². The van der Waals surface area contributed by atoms with Crippen LogP contribution >= 0.6 is 0 Å². The summed E-state index contributed by atoms with van der Waals surface area (Å²) in [6.07, 6.45) is 1.42. The van der Waals surface area contributed by atoms with E-state index in [-0.39, 0.29) is 12.1 Å². The Kier molecular flexibility index (Phi) is 5.74. The van der Waals surface area contributed by atoms with Gasteiger partial charge in [0.05, 0.1) is 17.6 Å². The fourth-order valence-electron chi connectivity index (χ4n) is 4.34. The third-order valence-corrected chi connectivity index (χ3v) is 6.11. The number of fused-ring (bicyclic) bond motifs is 1. The molecule has 0 bridgehead atoms. The summed E-state index contributed by atoms with van der Waals surface area (Å²) < 4.78 is 5.74. The van der Waals surface area contributed by atoms with Gasteiger partial charge in [-0.05, 0) is 85.8 Å². The van der Waals surface area contributed by atoms with Crippen LogP contribution in [-0.2, 0) is 10.2 Å². The summed E-state index contributed by atoms with van der Waals surface area (Å²) >= 11 is 0. The van der Waals surface area contributed by atoms with Gasteiger partial charge in [0, 0.05) is 11.3 Å². The Morgan fingerprint density at radius 2 is 1.84 bits per heavy atom. The Balaban J connectivity index is 1.67. The average Bonchev–Trinajstić information content (AvgIpc) is 2.79. The van der Waals surface area contributed by atoms with Crippen molar-refractivity contribution >= 4 is 17.9 Å². The molecule has 0 fully saturated rings. The second kappa shape index (κ2) is 8.50. The van der Waals surface area contributed by atoms with Crippen LogP contribution in [0.3, 0.4) is 0 Å². The summed E-state index contributed by atoms with van der Waals surface area (Å²) in [5, 5.41) is 3.54. The normalized spacial score (nSPS) is 19.7. The van der Waals surface area contributed by atoms with Crippen LogP contribution in [0.1, 0.15) is 54.7 Å². The molecule has 2 unspecified atom stereocenters. The van der Waals surface area contributed by atoms with Crippen molar-refractivity contribution in [1.82, 2.24) is 0 Å². The van der Waals surface area contributed by atoms with Gasteiger partial charge in [-0.3, -0.25) is 9.59 Å². The first-order valence-electron chi connectivity index (χ1n) is 10.8. The predicted octanol–water partition coefficient (Wildman–Crippen LogP) is 5.25. The highest BCUT2D eigenvalue weighted by atomic mass is 16.5. The minimum atomic E-state index is -0.879. The Bertz CT molecular complexity index is 1150. The van der Waals surface area contributed by atoms with Gasteiger partial charge >= 0.3 is 0 Å². The molecule has 0 aliphatic carbocycles. The van der Waals surface area contributed by atoms with Crippen LogP contribution in [0.5, 0.6) is 5.75 Å². The highest BCUT2D eigenvalue weighted by molar-refractivity contribution is 5.90. The molecule has 32 heavy (non-hydrogen) atoms. The molecule has 164 valence electrons. The number of anilines is 1. The molecule has 0 radical (unpaired) electrons. The second-order valence-electron chi connectivity index (χ2n) is 8.84. The quantitative estimate of drug-likeness (QED) is 0.525. The minimum Gasteiger partial charge on any atom is -0.491 e. The lowest BCUT2D eigenvalue weighted by Crippen LogP contribution is -2.44. The number of nitrogens with two attached hydrogens (primary N) is 1. The molecule has 0 aromatic heterocycles. The number of hydrogen-bond acceptors (Lipinski definition) is 4. The molecule has 3 aromatic rings. The van der Waals surface area contributed by atoms with Crippen molar-refractivity contribution in [3.05, 3.63) is 83.4 Å². The molecule has 2 atom stereocenters. The van der Waals surface area contributed by atoms with E-state index in [1.54, 1.807) is 12.1 Å². The van der Waals surface area contributed by atoms with Crippen molar-refractivity contribution in [2.24, 2.45) is 5.73 Å². The molecule has 1 amide bonds. The largest absolute Gasteiger partial charge is 0.491 e. The van der Waals surface area contributed by atoms with Gasteiger partial charge in [-0.1, -0.05) is 30.3 Å². The van der Waals surface area contributed by atoms with E-state index in [4.69, 9.17) is 10.5 Å². The van der Waals surface area contributed by atoms with Crippen molar-refractivity contribution in [3.8, 4) is 16.9 Å². The third kappa shape index (κ3) is 4.11. The molecule has 0 saturated heterocycles. The summed E-state index contributed by atoms with van der Waals surface area (Å²) in [6.45, 7) is 5.87. The number of primary amides is 1. The summed E-state index contributed by atoms with van der Waals surface area (Å²) in [5.41, 5.74) is 10.3. The van der Waals surface area contributed by atoms with Gasteiger partial charge in [0.15, 0.2) is 0 Å². The highest BCUT2D eigenvalue weighted by Crippen LogP contribution is 2.45. The smallest absolute Gasteiger partial charge is 0.227 e. The lowest BCUT2D eigenvalue weighted by Gasteiger charge is -2.39. The molecule has 5 heteroatoms. The van der Waals surface area contributed by atoms with Gasteiger partial charge in [-0.25, -0.2) is 0 Å². The molecule has 4 rings (SSSR count). The van der Waals surface area contributed by atoms with Crippen LogP contribution in [0.2, 0.25) is 0 Å². The lowest BCUT2D eigenvalue weighted by atomic mass is 9.71. The van der Waals surface area contributed by atoms with Crippen LogP contribution in [0.4, 0.5) is 5.69 Å². The first-order valence-corrected chi connectivity index (χ1v) is 10.8. The van der Waals surface area contributed by atoms with Crippen molar-refractivity contribution < 1.29 is 14.3 Å². The lowest BCUT2D eigenvalue weighted by molar-refractivity contribution is -0.123. The number of ether oxygens (including phenoxy) is 1. The summed E-state index contributed by atoms with van der Waals surface area (Å²) in [6, 6.07) is 21.6. The van der Waals surface area contributed by atoms with E-state index in [1.165, 1.54) is 0 Å². The van der Waals surface area contributed by atoms with E-state index in [2.05, 4.69) is 35.6 Å². The van der Waals surface area contributed by atoms with E-state index < -0.39 is 11.3 Å². The molecule has 1 heterocycles. The number of benzene rings is 3. The van der Waals surface area contributed by atoms with Crippen LogP contribution in [0.25, 0.3) is 11.1 Å². The number of hydrogen-bond donors (Lipinski definition) is 2. The average molecular weight is 429 g/mol. The fraction of sp³-hybridized carbons (Fsp3) is 0.259. The topological polar surface area (TPSA) is 81.4 Å². The van der Waals surface area contributed by atoms with Crippen LogP contribution < -0.4 is 15.8 Å².